The molecular weight excluding hydrogens is 272 g/mol. The quantitative estimate of drug-likeness (QED) is 0.693. The highest BCUT2D eigenvalue weighted by Gasteiger charge is 2.20. The van der Waals surface area contributed by atoms with Gasteiger partial charge in [-0.25, -0.2) is 0 Å². The number of anilines is 1. The van der Waals surface area contributed by atoms with E-state index in [0.717, 1.165) is 0 Å². The molecule has 0 aliphatic carbocycles. The maximum atomic E-state index is 12.0. The molecule has 1 saturated heterocycles. The maximum Gasteiger partial charge on any atom is 0.249 e. The third kappa shape index (κ3) is 3.50. The minimum absolute atomic E-state index is 0.0658. The molecule has 7 heteroatoms. The average molecular weight is 290 g/mol. The van der Waals surface area contributed by atoms with Crippen molar-refractivity contribution in [3.8, 4) is 0 Å². The van der Waals surface area contributed by atoms with Crippen molar-refractivity contribution in [2.45, 2.75) is 6.92 Å². The van der Waals surface area contributed by atoms with Gasteiger partial charge >= 0.3 is 0 Å². The number of nitrogens with two attached hydrogens (primary N) is 1. The van der Waals surface area contributed by atoms with Gasteiger partial charge in [0.1, 0.15) is 0 Å². The fourth-order valence-corrected chi connectivity index (χ4v) is 2.23. The van der Waals surface area contributed by atoms with Crippen molar-refractivity contribution in [3.63, 3.8) is 0 Å². The number of hydrogen-bond acceptors (Lipinski definition) is 4. The Balaban J connectivity index is 2.00. The van der Waals surface area contributed by atoms with Crippen molar-refractivity contribution in [1.29, 1.82) is 0 Å². The fraction of sp³-hybridized carbons (Fsp3) is 0.357. The van der Waals surface area contributed by atoms with Crippen LogP contribution in [0.4, 0.5) is 5.69 Å². The SMILES string of the molecule is Cc1c(NCC(=O)N2CCNC(=O)C2)cccc1C(N)=O. The van der Waals surface area contributed by atoms with Crippen LogP contribution < -0.4 is 16.4 Å². The average Bonchev–Trinajstić information content (AvgIpc) is 2.45. The molecule has 2 rings (SSSR count). The van der Waals surface area contributed by atoms with Crippen LogP contribution in [-0.4, -0.2) is 48.8 Å². The minimum atomic E-state index is -0.504. The molecule has 0 unspecified atom stereocenters. The largest absolute Gasteiger partial charge is 0.376 e. The summed E-state index contributed by atoms with van der Waals surface area (Å²) < 4.78 is 0. The Hall–Kier alpha value is -2.57. The van der Waals surface area contributed by atoms with E-state index >= 15 is 0 Å². The van der Waals surface area contributed by atoms with Crippen molar-refractivity contribution in [2.24, 2.45) is 5.73 Å². The Morgan fingerprint density at radius 1 is 1.43 bits per heavy atom. The summed E-state index contributed by atoms with van der Waals surface area (Å²) in [5.74, 6) is -0.814. The normalized spacial score (nSPS) is 14.5. The van der Waals surface area contributed by atoms with E-state index in [4.69, 9.17) is 5.73 Å². The smallest absolute Gasteiger partial charge is 0.249 e. The Bertz CT molecular complexity index is 586. The summed E-state index contributed by atoms with van der Waals surface area (Å²) in [6.45, 7) is 2.89. The first kappa shape index (κ1) is 14.8. The van der Waals surface area contributed by atoms with E-state index in [1.165, 1.54) is 4.90 Å². The van der Waals surface area contributed by atoms with Gasteiger partial charge in [-0.2, -0.15) is 0 Å². The molecular formula is C14H18N4O3. The van der Waals surface area contributed by atoms with E-state index in [9.17, 15) is 14.4 Å². The summed E-state index contributed by atoms with van der Waals surface area (Å²) in [4.78, 5) is 36.1. The van der Waals surface area contributed by atoms with Gasteiger partial charge in [0.05, 0.1) is 13.1 Å². The van der Waals surface area contributed by atoms with E-state index in [-0.39, 0.29) is 24.9 Å². The maximum absolute atomic E-state index is 12.0. The van der Waals surface area contributed by atoms with Crippen LogP contribution in [0.5, 0.6) is 0 Å². The first-order valence-corrected chi connectivity index (χ1v) is 6.67. The third-order valence-electron chi connectivity index (χ3n) is 3.42. The highest BCUT2D eigenvalue weighted by Crippen LogP contribution is 2.18. The molecule has 0 spiro atoms. The molecule has 21 heavy (non-hydrogen) atoms. The van der Waals surface area contributed by atoms with Crippen LogP contribution in [0.2, 0.25) is 0 Å². The van der Waals surface area contributed by atoms with Crippen molar-refractivity contribution >= 4 is 23.4 Å². The topological polar surface area (TPSA) is 105 Å². The number of piperazine rings is 1. The summed E-state index contributed by atoms with van der Waals surface area (Å²) in [6, 6.07) is 5.12. The molecule has 1 aliphatic rings. The lowest BCUT2D eigenvalue weighted by atomic mass is 10.1. The number of nitrogens with zero attached hydrogens (tertiary/aromatic N) is 1. The van der Waals surface area contributed by atoms with Gasteiger partial charge in [-0.3, -0.25) is 14.4 Å². The van der Waals surface area contributed by atoms with Crippen LogP contribution >= 0.6 is 0 Å². The molecule has 1 aliphatic heterocycles. The lowest BCUT2D eigenvalue weighted by molar-refractivity contribution is -0.136. The molecule has 3 amide bonds. The molecule has 7 nitrogen and oxygen atoms in total. The highest BCUT2D eigenvalue weighted by molar-refractivity contribution is 5.96. The predicted octanol–water partition coefficient (Wildman–Crippen LogP) is -0.536. The second kappa shape index (κ2) is 6.25. The molecule has 4 N–H and O–H groups in total. The molecule has 0 radical (unpaired) electrons. The van der Waals surface area contributed by atoms with Gasteiger partial charge in [-0.05, 0) is 24.6 Å². The van der Waals surface area contributed by atoms with Crippen LogP contribution in [0, 0.1) is 6.92 Å². The number of amides is 3. The highest BCUT2D eigenvalue weighted by atomic mass is 16.2. The third-order valence-corrected chi connectivity index (χ3v) is 3.42. The zero-order chi connectivity index (χ0) is 15.4. The number of nitrogens with one attached hydrogen (secondary N) is 2. The van der Waals surface area contributed by atoms with Crippen molar-refractivity contribution in [3.05, 3.63) is 29.3 Å². The Morgan fingerprint density at radius 3 is 2.86 bits per heavy atom. The number of benzene rings is 1. The van der Waals surface area contributed by atoms with Gasteiger partial charge in [0, 0.05) is 24.3 Å². The molecule has 1 fully saturated rings. The van der Waals surface area contributed by atoms with E-state index in [1.807, 2.05) is 0 Å². The molecule has 0 bridgehead atoms. The molecule has 1 aromatic carbocycles. The van der Waals surface area contributed by atoms with Crippen molar-refractivity contribution in [1.82, 2.24) is 10.2 Å². The molecule has 0 atom stereocenters. The second-order valence-electron chi connectivity index (χ2n) is 4.86. The summed E-state index contributed by atoms with van der Waals surface area (Å²) in [7, 11) is 0. The molecule has 0 saturated carbocycles. The van der Waals surface area contributed by atoms with Crippen LogP contribution in [0.15, 0.2) is 18.2 Å². The lowest BCUT2D eigenvalue weighted by Gasteiger charge is -2.27. The zero-order valence-corrected chi connectivity index (χ0v) is 11.8. The number of carbonyl (C=O) groups is 3. The monoisotopic (exact) mass is 290 g/mol. The van der Waals surface area contributed by atoms with Crippen molar-refractivity contribution in [2.75, 3.05) is 31.5 Å². The van der Waals surface area contributed by atoms with E-state index in [0.29, 0.717) is 29.9 Å². The number of primary amides is 1. The zero-order valence-electron chi connectivity index (χ0n) is 11.8. The first-order valence-electron chi connectivity index (χ1n) is 6.67. The van der Waals surface area contributed by atoms with Crippen LogP contribution in [0.3, 0.4) is 0 Å². The summed E-state index contributed by atoms with van der Waals surface area (Å²) in [6.07, 6.45) is 0. The van der Waals surface area contributed by atoms with Crippen molar-refractivity contribution < 1.29 is 14.4 Å². The van der Waals surface area contributed by atoms with E-state index in [1.54, 1.807) is 25.1 Å². The van der Waals surface area contributed by atoms with Crippen LogP contribution in [-0.2, 0) is 9.59 Å². The first-order chi connectivity index (χ1) is 9.99. The Labute approximate surface area is 122 Å². The Kier molecular flexibility index (Phi) is 4.42. The molecule has 1 heterocycles. The number of rotatable bonds is 4. The van der Waals surface area contributed by atoms with Gasteiger partial charge in [0.15, 0.2) is 0 Å². The van der Waals surface area contributed by atoms with E-state index < -0.39 is 5.91 Å². The van der Waals surface area contributed by atoms with Gasteiger partial charge in [0.25, 0.3) is 0 Å². The van der Waals surface area contributed by atoms with E-state index in [2.05, 4.69) is 10.6 Å². The number of hydrogen-bond donors (Lipinski definition) is 3. The van der Waals surface area contributed by atoms with Crippen LogP contribution in [0.25, 0.3) is 0 Å². The Morgan fingerprint density at radius 2 is 2.19 bits per heavy atom. The summed E-state index contributed by atoms with van der Waals surface area (Å²) >= 11 is 0. The minimum Gasteiger partial charge on any atom is -0.376 e. The summed E-state index contributed by atoms with van der Waals surface area (Å²) in [5, 5.41) is 5.65. The van der Waals surface area contributed by atoms with Crippen LogP contribution in [0.1, 0.15) is 15.9 Å². The number of carbonyl (C=O) groups excluding carboxylic acids is 3. The van der Waals surface area contributed by atoms with Gasteiger partial charge in [0.2, 0.25) is 17.7 Å². The molecule has 1 aromatic rings. The molecule has 0 aromatic heterocycles. The van der Waals surface area contributed by atoms with Gasteiger partial charge in [-0.15, -0.1) is 0 Å². The van der Waals surface area contributed by atoms with Gasteiger partial charge in [-0.1, -0.05) is 6.07 Å². The summed E-state index contributed by atoms with van der Waals surface area (Å²) in [5.41, 5.74) is 7.09. The predicted molar refractivity (Wildman–Crippen MR) is 77.8 cm³/mol. The van der Waals surface area contributed by atoms with Gasteiger partial charge < -0.3 is 21.3 Å². The lowest BCUT2D eigenvalue weighted by Crippen LogP contribution is -2.51. The standard InChI is InChI=1S/C14H18N4O3/c1-9-10(14(15)21)3-2-4-11(9)17-7-13(20)18-6-5-16-12(19)8-18/h2-4,17H,5-8H2,1H3,(H2,15,21)(H,16,19). The second-order valence-corrected chi connectivity index (χ2v) is 4.86. The fourth-order valence-electron chi connectivity index (χ4n) is 2.23. The molecule has 112 valence electrons.